The number of thiophene rings is 2. The monoisotopic (exact) mass is 295 g/mol. The average Bonchev–Trinajstić information content (AvgIpc) is 3.08. The molecular weight excluding hydrogens is 274 g/mol. The van der Waals surface area contributed by atoms with Crippen molar-refractivity contribution in [3.05, 3.63) is 33.8 Å². The van der Waals surface area contributed by atoms with Crippen LogP contribution < -0.4 is 5.32 Å². The van der Waals surface area contributed by atoms with E-state index in [1.807, 2.05) is 11.3 Å². The van der Waals surface area contributed by atoms with Gasteiger partial charge in [-0.3, -0.25) is 0 Å². The van der Waals surface area contributed by atoms with Gasteiger partial charge in [0.05, 0.1) is 0 Å². The quantitative estimate of drug-likeness (QED) is 0.722. The Balaban J connectivity index is 1.69. The van der Waals surface area contributed by atoms with Crippen molar-refractivity contribution in [2.24, 2.45) is 5.92 Å². The van der Waals surface area contributed by atoms with Crippen LogP contribution in [-0.2, 0) is 6.54 Å². The minimum Gasteiger partial charge on any atom is -0.396 e. The second kappa shape index (κ2) is 7.80. The van der Waals surface area contributed by atoms with E-state index in [1.54, 1.807) is 11.3 Å². The van der Waals surface area contributed by atoms with Crippen molar-refractivity contribution < 1.29 is 5.11 Å². The van der Waals surface area contributed by atoms with E-state index < -0.39 is 0 Å². The first-order chi connectivity index (χ1) is 9.29. The van der Waals surface area contributed by atoms with E-state index in [1.165, 1.54) is 15.3 Å². The van der Waals surface area contributed by atoms with Crippen molar-refractivity contribution in [2.45, 2.75) is 26.3 Å². The van der Waals surface area contributed by atoms with Crippen LogP contribution in [0.1, 0.15) is 24.6 Å². The van der Waals surface area contributed by atoms with Gasteiger partial charge in [0.2, 0.25) is 0 Å². The highest BCUT2D eigenvalue weighted by atomic mass is 32.1. The Bertz CT molecular complexity index is 464. The largest absolute Gasteiger partial charge is 0.396 e. The SMILES string of the molecule is CC(CO)CCCNCc1cc(-c2cccs2)cs1. The summed E-state index contributed by atoms with van der Waals surface area (Å²) >= 11 is 3.61. The molecule has 0 aliphatic rings. The summed E-state index contributed by atoms with van der Waals surface area (Å²) in [6, 6.07) is 6.54. The summed E-state index contributed by atoms with van der Waals surface area (Å²) in [6.07, 6.45) is 2.22. The number of hydrogen-bond acceptors (Lipinski definition) is 4. The zero-order chi connectivity index (χ0) is 13.5. The van der Waals surface area contributed by atoms with Crippen LogP contribution in [0.5, 0.6) is 0 Å². The Morgan fingerprint density at radius 2 is 2.26 bits per heavy atom. The van der Waals surface area contributed by atoms with Gasteiger partial charge in [0.25, 0.3) is 0 Å². The second-order valence-electron chi connectivity index (χ2n) is 4.89. The lowest BCUT2D eigenvalue weighted by Gasteiger charge is -2.07. The molecule has 2 aromatic heterocycles. The third kappa shape index (κ3) is 4.73. The maximum absolute atomic E-state index is 8.94. The lowest BCUT2D eigenvalue weighted by atomic mass is 10.1. The molecule has 2 aromatic rings. The van der Waals surface area contributed by atoms with E-state index in [0.29, 0.717) is 12.5 Å². The molecule has 1 unspecified atom stereocenters. The summed E-state index contributed by atoms with van der Waals surface area (Å²) in [4.78, 5) is 2.73. The van der Waals surface area contributed by atoms with Crippen LogP contribution in [-0.4, -0.2) is 18.3 Å². The van der Waals surface area contributed by atoms with Gasteiger partial charge >= 0.3 is 0 Å². The Labute approximate surface area is 123 Å². The molecule has 104 valence electrons. The lowest BCUT2D eigenvalue weighted by Crippen LogP contribution is -2.15. The fourth-order valence-corrected chi connectivity index (χ4v) is 3.57. The van der Waals surface area contributed by atoms with Crippen molar-refractivity contribution in [1.29, 1.82) is 0 Å². The molecule has 4 heteroatoms. The first-order valence-electron chi connectivity index (χ1n) is 6.72. The third-order valence-electron chi connectivity index (χ3n) is 3.12. The molecule has 1 atom stereocenters. The number of aliphatic hydroxyl groups is 1. The highest BCUT2D eigenvalue weighted by Gasteiger charge is 2.03. The molecule has 0 aliphatic carbocycles. The van der Waals surface area contributed by atoms with Gasteiger partial charge in [0.1, 0.15) is 0 Å². The molecule has 0 bridgehead atoms. The van der Waals surface area contributed by atoms with Gasteiger partial charge < -0.3 is 10.4 Å². The average molecular weight is 295 g/mol. The Morgan fingerprint density at radius 1 is 1.37 bits per heavy atom. The maximum atomic E-state index is 8.94. The van der Waals surface area contributed by atoms with Crippen LogP contribution in [0.15, 0.2) is 29.0 Å². The van der Waals surface area contributed by atoms with Gasteiger partial charge in [-0.1, -0.05) is 13.0 Å². The van der Waals surface area contributed by atoms with E-state index in [-0.39, 0.29) is 0 Å². The molecule has 0 saturated carbocycles. The number of aliphatic hydroxyl groups excluding tert-OH is 1. The fourth-order valence-electron chi connectivity index (χ4n) is 1.92. The molecule has 2 rings (SSSR count). The summed E-state index contributed by atoms with van der Waals surface area (Å²) in [5.74, 6) is 0.425. The fraction of sp³-hybridized carbons (Fsp3) is 0.467. The summed E-state index contributed by atoms with van der Waals surface area (Å²) < 4.78 is 0. The minimum absolute atomic E-state index is 0.301. The molecule has 0 fully saturated rings. The van der Waals surface area contributed by atoms with Gasteiger partial charge in [0.15, 0.2) is 0 Å². The van der Waals surface area contributed by atoms with Crippen LogP contribution in [0, 0.1) is 5.92 Å². The highest BCUT2D eigenvalue weighted by Crippen LogP contribution is 2.29. The van der Waals surface area contributed by atoms with Gasteiger partial charge in [-0.15, -0.1) is 22.7 Å². The molecule has 2 heterocycles. The van der Waals surface area contributed by atoms with Crippen LogP contribution in [0.2, 0.25) is 0 Å². The zero-order valence-electron chi connectivity index (χ0n) is 11.3. The maximum Gasteiger partial charge on any atom is 0.0456 e. The summed E-state index contributed by atoms with van der Waals surface area (Å²) in [6.45, 7) is 4.36. The normalized spacial score (nSPS) is 12.7. The number of rotatable bonds is 8. The summed E-state index contributed by atoms with van der Waals surface area (Å²) in [5, 5.41) is 16.8. The zero-order valence-corrected chi connectivity index (χ0v) is 12.9. The predicted molar refractivity (Wildman–Crippen MR) is 84.8 cm³/mol. The molecule has 2 nitrogen and oxygen atoms in total. The smallest absolute Gasteiger partial charge is 0.0456 e. The van der Waals surface area contributed by atoms with Gasteiger partial charge in [-0.05, 0) is 48.2 Å². The lowest BCUT2D eigenvalue weighted by molar-refractivity contribution is 0.228. The van der Waals surface area contributed by atoms with E-state index in [2.05, 4.69) is 41.2 Å². The molecule has 0 aromatic carbocycles. The molecule has 0 spiro atoms. The van der Waals surface area contributed by atoms with Crippen molar-refractivity contribution in [3.63, 3.8) is 0 Å². The van der Waals surface area contributed by atoms with E-state index in [0.717, 1.165) is 25.9 Å². The number of nitrogens with one attached hydrogen (secondary N) is 1. The molecule has 0 radical (unpaired) electrons. The first kappa shape index (κ1) is 14.7. The predicted octanol–water partition coefficient (Wildman–Crippen LogP) is 3.97. The van der Waals surface area contributed by atoms with Gasteiger partial charge in [0, 0.05) is 28.5 Å². The van der Waals surface area contributed by atoms with E-state index in [9.17, 15) is 0 Å². The van der Waals surface area contributed by atoms with Crippen molar-refractivity contribution in [1.82, 2.24) is 5.32 Å². The third-order valence-corrected chi connectivity index (χ3v) is 4.98. The van der Waals surface area contributed by atoms with E-state index >= 15 is 0 Å². The second-order valence-corrected chi connectivity index (χ2v) is 6.83. The molecule has 19 heavy (non-hydrogen) atoms. The number of hydrogen-bond donors (Lipinski definition) is 2. The molecular formula is C15H21NOS2. The minimum atomic E-state index is 0.301. The highest BCUT2D eigenvalue weighted by molar-refractivity contribution is 7.14. The van der Waals surface area contributed by atoms with Gasteiger partial charge in [-0.25, -0.2) is 0 Å². The van der Waals surface area contributed by atoms with Crippen molar-refractivity contribution in [2.75, 3.05) is 13.2 Å². The summed E-state index contributed by atoms with van der Waals surface area (Å²) in [5.41, 5.74) is 1.34. The van der Waals surface area contributed by atoms with Gasteiger partial charge in [-0.2, -0.15) is 0 Å². The topological polar surface area (TPSA) is 32.3 Å². The summed E-state index contributed by atoms with van der Waals surface area (Å²) in [7, 11) is 0. The van der Waals surface area contributed by atoms with Crippen LogP contribution >= 0.6 is 22.7 Å². The molecule has 0 aliphatic heterocycles. The van der Waals surface area contributed by atoms with Crippen LogP contribution in [0.3, 0.4) is 0 Å². The molecule has 0 amide bonds. The molecule has 2 N–H and O–H groups in total. The van der Waals surface area contributed by atoms with Crippen molar-refractivity contribution in [3.8, 4) is 10.4 Å². The first-order valence-corrected chi connectivity index (χ1v) is 8.48. The Morgan fingerprint density at radius 3 is 3.00 bits per heavy atom. The Hall–Kier alpha value is -0.680. The van der Waals surface area contributed by atoms with Crippen molar-refractivity contribution >= 4 is 22.7 Å². The van der Waals surface area contributed by atoms with E-state index in [4.69, 9.17) is 5.11 Å². The Kier molecular flexibility index (Phi) is 6.04. The van der Waals surface area contributed by atoms with Crippen LogP contribution in [0.4, 0.5) is 0 Å². The van der Waals surface area contributed by atoms with Crippen LogP contribution in [0.25, 0.3) is 10.4 Å². The molecule has 0 saturated heterocycles. The standard InChI is InChI=1S/C15H21NOS2/c1-12(10-17)4-2-6-16-9-14-8-13(11-19-14)15-5-3-7-18-15/h3,5,7-8,11-12,16-17H,2,4,6,9-10H2,1H3.